The molecule has 0 aliphatic rings. The van der Waals surface area contributed by atoms with Gasteiger partial charge < -0.3 is 18.3 Å². The Labute approximate surface area is 286 Å². The van der Waals surface area contributed by atoms with Crippen LogP contribution in [0.3, 0.4) is 0 Å². The van der Waals surface area contributed by atoms with Crippen LogP contribution in [-0.4, -0.2) is 4.57 Å². The topological polar surface area (TPSA) is 34.5 Å². The Kier molecular flexibility index (Phi) is 5.63. The van der Waals surface area contributed by atoms with Crippen molar-refractivity contribution in [2.24, 2.45) is 0 Å². The quantitative estimate of drug-likeness (QED) is 0.192. The molecular weight excluding hydrogens is 613 g/mol. The number of aromatic nitrogens is 1. The van der Waals surface area contributed by atoms with Gasteiger partial charge in [-0.1, -0.05) is 91.0 Å². The van der Waals surface area contributed by atoms with Crippen LogP contribution in [-0.2, 0) is 0 Å². The molecule has 234 valence electrons. The lowest BCUT2D eigenvalue weighted by molar-refractivity contribution is 0.668. The van der Waals surface area contributed by atoms with Crippen molar-refractivity contribution in [3.05, 3.63) is 170 Å². The Balaban J connectivity index is 1.23. The molecule has 0 atom stereocenters. The number of benzene rings is 8. The van der Waals surface area contributed by atoms with Gasteiger partial charge in [0, 0.05) is 54.8 Å². The van der Waals surface area contributed by atoms with E-state index in [4.69, 9.17) is 8.83 Å². The third-order valence-corrected chi connectivity index (χ3v) is 10.1. The smallest absolute Gasteiger partial charge is 0.136 e. The molecule has 0 saturated carbocycles. The van der Waals surface area contributed by atoms with Crippen molar-refractivity contribution in [1.29, 1.82) is 0 Å². The van der Waals surface area contributed by atoms with Crippen molar-refractivity contribution in [3.8, 4) is 5.69 Å². The summed E-state index contributed by atoms with van der Waals surface area (Å²) in [6.45, 7) is 0. The van der Waals surface area contributed by atoms with Crippen molar-refractivity contribution < 1.29 is 8.83 Å². The zero-order valence-corrected chi connectivity index (χ0v) is 26.9. The molecule has 0 bridgehead atoms. The Hall–Kier alpha value is -6.78. The van der Waals surface area contributed by atoms with E-state index in [1.807, 2.05) is 24.3 Å². The van der Waals surface area contributed by atoms with Crippen LogP contribution in [0.2, 0.25) is 0 Å². The standard InChI is InChI=1S/C46H28N2O2/c1-2-12-30(13-3-1)48-40-17-7-4-14-33(40)34-23-21-32(27-42(34)48)47(31-22-24-45-38(26-31)35-15-5-8-19-43(35)49-45)41-18-10-11-29-25-46-39(28-37(29)41)36-16-6-9-20-44(36)50-46/h1-28H. The zero-order chi connectivity index (χ0) is 32.8. The molecule has 0 fully saturated rings. The molecule has 11 rings (SSSR count). The van der Waals surface area contributed by atoms with Crippen molar-refractivity contribution >= 4 is 93.5 Å². The van der Waals surface area contributed by atoms with Gasteiger partial charge in [-0.15, -0.1) is 0 Å². The highest BCUT2D eigenvalue weighted by atomic mass is 16.3. The van der Waals surface area contributed by atoms with Crippen LogP contribution >= 0.6 is 0 Å². The molecule has 11 aromatic rings. The molecule has 0 aliphatic carbocycles. The lowest BCUT2D eigenvalue weighted by atomic mass is 10.0. The molecule has 0 unspecified atom stereocenters. The number of nitrogens with zero attached hydrogens (tertiary/aromatic N) is 2. The Bertz CT molecular complexity index is 3110. The molecule has 4 nitrogen and oxygen atoms in total. The van der Waals surface area contributed by atoms with Crippen LogP contribution < -0.4 is 4.90 Å². The SMILES string of the molecule is c1ccc(-n2c3ccccc3c3ccc(N(c4ccc5oc6ccccc6c5c4)c4cccc5cc6oc7ccccc7c6cc45)cc32)cc1. The second-order valence-electron chi connectivity index (χ2n) is 12.9. The van der Waals surface area contributed by atoms with Gasteiger partial charge in [0.25, 0.3) is 0 Å². The Morgan fingerprint density at radius 1 is 0.360 bits per heavy atom. The molecule has 3 aromatic heterocycles. The zero-order valence-electron chi connectivity index (χ0n) is 26.9. The second kappa shape index (κ2) is 10.4. The minimum absolute atomic E-state index is 0.874. The van der Waals surface area contributed by atoms with E-state index in [0.717, 1.165) is 82.9 Å². The van der Waals surface area contributed by atoms with Crippen LogP contribution in [0, 0.1) is 0 Å². The first kappa shape index (κ1) is 27.2. The van der Waals surface area contributed by atoms with Gasteiger partial charge >= 0.3 is 0 Å². The number of para-hydroxylation sites is 4. The first-order valence-electron chi connectivity index (χ1n) is 16.9. The summed E-state index contributed by atoms with van der Waals surface area (Å²) < 4.78 is 15.0. The third-order valence-electron chi connectivity index (χ3n) is 10.1. The molecule has 0 saturated heterocycles. The highest BCUT2D eigenvalue weighted by Crippen LogP contribution is 2.45. The van der Waals surface area contributed by atoms with E-state index < -0.39 is 0 Å². The first-order valence-corrected chi connectivity index (χ1v) is 16.9. The van der Waals surface area contributed by atoms with Gasteiger partial charge in [-0.05, 0) is 84.2 Å². The number of hydrogen-bond acceptors (Lipinski definition) is 3. The van der Waals surface area contributed by atoms with E-state index >= 15 is 0 Å². The average molecular weight is 641 g/mol. The van der Waals surface area contributed by atoms with Crippen molar-refractivity contribution in [1.82, 2.24) is 4.57 Å². The van der Waals surface area contributed by atoms with Crippen molar-refractivity contribution in [2.45, 2.75) is 0 Å². The summed E-state index contributed by atoms with van der Waals surface area (Å²) in [5.41, 5.74) is 10.2. The normalized spacial score (nSPS) is 12.0. The van der Waals surface area contributed by atoms with Crippen LogP contribution in [0.4, 0.5) is 17.1 Å². The van der Waals surface area contributed by atoms with Crippen LogP contribution in [0.25, 0.3) is 82.1 Å². The molecular formula is C46H28N2O2. The van der Waals surface area contributed by atoms with E-state index in [1.165, 1.54) is 16.3 Å². The maximum atomic E-state index is 6.32. The van der Waals surface area contributed by atoms with Gasteiger partial charge in [0.2, 0.25) is 0 Å². The van der Waals surface area contributed by atoms with Gasteiger partial charge in [0.1, 0.15) is 22.3 Å². The summed E-state index contributed by atoms with van der Waals surface area (Å²) in [4.78, 5) is 2.39. The van der Waals surface area contributed by atoms with Crippen LogP contribution in [0.1, 0.15) is 0 Å². The highest BCUT2D eigenvalue weighted by molar-refractivity contribution is 6.15. The summed E-state index contributed by atoms with van der Waals surface area (Å²) in [6.07, 6.45) is 0. The van der Waals surface area contributed by atoms with Crippen LogP contribution in [0.15, 0.2) is 179 Å². The Morgan fingerprint density at radius 3 is 1.80 bits per heavy atom. The molecule has 0 N–H and O–H groups in total. The molecule has 50 heavy (non-hydrogen) atoms. The minimum atomic E-state index is 0.874. The van der Waals surface area contributed by atoms with E-state index in [1.54, 1.807) is 0 Å². The summed E-state index contributed by atoms with van der Waals surface area (Å²) in [5, 5.41) is 9.13. The molecule has 0 spiro atoms. The van der Waals surface area contributed by atoms with Gasteiger partial charge in [-0.25, -0.2) is 0 Å². The third kappa shape index (κ3) is 3.93. The summed E-state index contributed by atoms with van der Waals surface area (Å²) in [5.74, 6) is 0. The Morgan fingerprint density at radius 2 is 0.980 bits per heavy atom. The fraction of sp³-hybridized carbons (Fsp3) is 0. The lowest BCUT2D eigenvalue weighted by Crippen LogP contribution is -2.10. The molecule has 0 radical (unpaired) electrons. The lowest BCUT2D eigenvalue weighted by Gasteiger charge is -2.27. The fourth-order valence-electron chi connectivity index (χ4n) is 7.91. The predicted molar refractivity (Wildman–Crippen MR) is 208 cm³/mol. The summed E-state index contributed by atoms with van der Waals surface area (Å²) in [7, 11) is 0. The van der Waals surface area contributed by atoms with E-state index in [2.05, 4.69) is 155 Å². The molecule has 0 amide bonds. The summed E-state index contributed by atoms with van der Waals surface area (Å²) >= 11 is 0. The second-order valence-corrected chi connectivity index (χ2v) is 12.9. The highest BCUT2D eigenvalue weighted by Gasteiger charge is 2.21. The number of hydrogen-bond donors (Lipinski definition) is 0. The van der Waals surface area contributed by atoms with E-state index in [0.29, 0.717) is 0 Å². The monoisotopic (exact) mass is 640 g/mol. The van der Waals surface area contributed by atoms with Crippen molar-refractivity contribution in [2.75, 3.05) is 4.90 Å². The molecule has 4 heteroatoms. The molecule has 3 heterocycles. The number of rotatable bonds is 4. The summed E-state index contributed by atoms with van der Waals surface area (Å²) in [6, 6.07) is 60.3. The number of anilines is 3. The van der Waals surface area contributed by atoms with E-state index in [9.17, 15) is 0 Å². The van der Waals surface area contributed by atoms with Gasteiger partial charge in [0.15, 0.2) is 0 Å². The molecule has 8 aromatic carbocycles. The van der Waals surface area contributed by atoms with Crippen molar-refractivity contribution in [3.63, 3.8) is 0 Å². The van der Waals surface area contributed by atoms with Gasteiger partial charge in [0.05, 0.1) is 16.7 Å². The first-order chi connectivity index (χ1) is 24.8. The van der Waals surface area contributed by atoms with Gasteiger partial charge in [-0.3, -0.25) is 0 Å². The molecule has 0 aliphatic heterocycles. The van der Waals surface area contributed by atoms with Gasteiger partial charge in [-0.2, -0.15) is 0 Å². The minimum Gasteiger partial charge on any atom is -0.456 e. The number of furan rings is 2. The predicted octanol–water partition coefficient (Wildman–Crippen LogP) is 13.2. The fourth-order valence-corrected chi connectivity index (χ4v) is 7.91. The number of fused-ring (bicyclic) bond motifs is 10. The maximum Gasteiger partial charge on any atom is 0.136 e. The largest absolute Gasteiger partial charge is 0.456 e. The van der Waals surface area contributed by atoms with Crippen LogP contribution in [0.5, 0.6) is 0 Å². The average Bonchev–Trinajstić information content (AvgIpc) is 3.83. The maximum absolute atomic E-state index is 6.32. The van der Waals surface area contributed by atoms with E-state index in [-0.39, 0.29) is 0 Å².